The molecule has 25 heavy (non-hydrogen) atoms. The predicted octanol–water partition coefficient (Wildman–Crippen LogP) is 3.64. The molecule has 0 aromatic heterocycles. The predicted molar refractivity (Wildman–Crippen MR) is 113 cm³/mol. The quantitative estimate of drug-likeness (QED) is 0.194. The number of hydrogen-bond donors (Lipinski definition) is 2. The lowest BCUT2D eigenvalue weighted by atomic mass is 10.2. The Morgan fingerprint density at radius 2 is 1.96 bits per heavy atom. The summed E-state index contributed by atoms with van der Waals surface area (Å²) in [6.07, 6.45) is 6.32. The molecule has 0 bridgehead atoms. The molecule has 5 nitrogen and oxygen atoms in total. The molecule has 1 aromatic rings. The van der Waals surface area contributed by atoms with E-state index in [4.69, 9.17) is 0 Å². The SMILES string of the molecule is C=CCCCCCN(C)C(=NC)NCC(=O)Nc1ccc(F)cc1.I. The molecular formula is C18H28FIN4O. The lowest BCUT2D eigenvalue weighted by Crippen LogP contribution is -2.42. The van der Waals surface area contributed by atoms with Crippen molar-refractivity contribution in [2.45, 2.75) is 25.7 Å². The third kappa shape index (κ3) is 10.1. The van der Waals surface area contributed by atoms with Crippen molar-refractivity contribution in [2.24, 2.45) is 4.99 Å². The average Bonchev–Trinajstić information content (AvgIpc) is 2.57. The van der Waals surface area contributed by atoms with Crippen LogP contribution in [0, 0.1) is 5.82 Å². The highest BCUT2D eigenvalue weighted by Gasteiger charge is 2.08. The molecule has 0 heterocycles. The van der Waals surface area contributed by atoms with Gasteiger partial charge < -0.3 is 15.5 Å². The van der Waals surface area contributed by atoms with Crippen molar-refractivity contribution in [3.63, 3.8) is 0 Å². The van der Waals surface area contributed by atoms with Crippen molar-refractivity contribution in [3.8, 4) is 0 Å². The largest absolute Gasteiger partial charge is 0.347 e. The van der Waals surface area contributed by atoms with E-state index < -0.39 is 0 Å². The van der Waals surface area contributed by atoms with Crippen molar-refractivity contribution >= 4 is 41.5 Å². The molecule has 0 aliphatic carbocycles. The number of nitrogens with zero attached hydrogens (tertiary/aromatic N) is 2. The summed E-state index contributed by atoms with van der Waals surface area (Å²) in [4.78, 5) is 18.1. The first kappa shape index (κ1) is 23.4. The van der Waals surface area contributed by atoms with Crippen molar-refractivity contribution < 1.29 is 9.18 Å². The standard InChI is InChI=1S/C18H27FN4O.HI/c1-4-5-6-7-8-13-23(3)18(20-2)21-14-17(24)22-16-11-9-15(19)10-12-16;/h4,9-12H,1,5-8,13-14H2,2-3H3,(H,20,21)(H,22,24);1H. The van der Waals surface area contributed by atoms with Gasteiger partial charge in [0.1, 0.15) is 5.82 Å². The van der Waals surface area contributed by atoms with Crippen LogP contribution in [-0.4, -0.2) is 44.0 Å². The van der Waals surface area contributed by atoms with E-state index in [1.807, 2.05) is 18.0 Å². The van der Waals surface area contributed by atoms with Gasteiger partial charge in [0.15, 0.2) is 5.96 Å². The second-order valence-corrected chi connectivity index (χ2v) is 5.52. The number of carbonyl (C=O) groups excluding carboxylic acids is 1. The van der Waals surface area contributed by atoms with Gasteiger partial charge in [-0.2, -0.15) is 0 Å². The fourth-order valence-corrected chi connectivity index (χ4v) is 2.20. The van der Waals surface area contributed by atoms with Crippen molar-refractivity contribution in [3.05, 3.63) is 42.7 Å². The lowest BCUT2D eigenvalue weighted by Gasteiger charge is -2.21. The van der Waals surface area contributed by atoms with Crippen LogP contribution < -0.4 is 10.6 Å². The second-order valence-electron chi connectivity index (χ2n) is 5.52. The first-order valence-corrected chi connectivity index (χ1v) is 8.15. The summed E-state index contributed by atoms with van der Waals surface area (Å²) in [6, 6.07) is 5.67. The minimum absolute atomic E-state index is 0. The number of allylic oxidation sites excluding steroid dienone is 1. The number of halogens is 2. The average molecular weight is 462 g/mol. The molecule has 0 saturated carbocycles. The van der Waals surface area contributed by atoms with E-state index in [1.165, 1.54) is 24.3 Å². The molecular weight excluding hydrogens is 434 g/mol. The Hall–Kier alpha value is -1.64. The molecule has 0 fully saturated rings. The van der Waals surface area contributed by atoms with Crippen LogP contribution in [0.2, 0.25) is 0 Å². The van der Waals surface area contributed by atoms with Crippen LogP contribution in [0.1, 0.15) is 25.7 Å². The van der Waals surface area contributed by atoms with Gasteiger partial charge in [-0.1, -0.05) is 12.5 Å². The summed E-state index contributed by atoms with van der Waals surface area (Å²) >= 11 is 0. The third-order valence-corrected chi connectivity index (χ3v) is 3.51. The third-order valence-electron chi connectivity index (χ3n) is 3.51. The Labute approximate surface area is 166 Å². The highest BCUT2D eigenvalue weighted by molar-refractivity contribution is 14.0. The number of unbranched alkanes of at least 4 members (excludes halogenated alkanes) is 3. The number of guanidine groups is 1. The Balaban J connectivity index is 0.00000576. The summed E-state index contributed by atoms with van der Waals surface area (Å²) in [7, 11) is 3.63. The van der Waals surface area contributed by atoms with Crippen molar-refractivity contribution in [1.82, 2.24) is 10.2 Å². The fourth-order valence-electron chi connectivity index (χ4n) is 2.20. The zero-order valence-electron chi connectivity index (χ0n) is 14.9. The van der Waals surface area contributed by atoms with Gasteiger partial charge in [-0.15, -0.1) is 30.6 Å². The zero-order valence-corrected chi connectivity index (χ0v) is 17.3. The Morgan fingerprint density at radius 1 is 1.28 bits per heavy atom. The van der Waals surface area contributed by atoms with E-state index in [0.29, 0.717) is 11.6 Å². The zero-order chi connectivity index (χ0) is 17.8. The van der Waals surface area contributed by atoms with Gasteiger partial charge in [0.25, 0.3) is 0 Å². The maximum atomic E-state index is 12.8. The van der Waals surface area contributed by atoms with Gasteiger partial charge in [0.2, 0.25) is 5.91 Å². The van der Waals surface area contributed by atoms with Gasteiger partial charge in [-0.25, -0.2) is 4.39 Å². The molecule has 1 aromatic carbocycles. The smallest absolute Gasteiger partial charge is 0.243 e. The van der Waals surface area contributed by atoms with Crippen molar-refractivity contribution in [2.75, 3.05) is 32.5 Å². The van der Waals surface area contributed by atoms with Crippen LogP contribution in [0.25, 0.3) is 0 Å². The topological polar surface area (TPSA) is 56.7 Å². The van der Waals surface area contributed by atoms with Crippen LogP contribution in [0.5, 0.6) is 0 Å². The number of amides is 1. The highest BCUT2D eigenvalue weighted by Crippen LogP contribution is 2.07. The number of aliphatic imine (C=N–C) groups is 1. The van der Waals surface area contributed by atoms with Crippen LogP contribution in [0.4, 0.5) is 10.1 Å². The molecule has 7 heteroatoms. The van der Waals surface area contributed by atoms with Gasteiger partial charge in [-0.3, -0.25) is 9.79 Å². The number of carbonyl (C=O) groups is 1. The summed E-state index contributed by atoms with van der Waals surface area (Å²) < 4.78 is 12.8. The molecule has 0 spiro atoms. The lowest BCUT2D eigenvalue weighted by molar-refractivity contribution is -0.115. The summed E-state index contributed by atoms with van der Waals surface area (Å²) in [5.74, 6) is 0.136. The summed E-state index contributed by atoms with van der Waals surface area (Å²) in [6.45, 7) is 4.69. The molecule has 1 amide bonds. The molecule has 0 radical (unpaired) electrons. The molecule has 0 aliphatic heterocycles. The molecule has 0 unspecified atom stereocenters. The summed E-state index contributed by atoms with van der Waals surface area (Å²) in [5.41, 5.74) is 0.564. The Kier molecular flexibility index (Phi) is 12.7. The van der Waals surface area contributed by atoms with E-state index in [-0.39, 0.29) is 42.2 Å². The first-order valence-electron chi connectivity index (χ1n) is 8.15. The minimum atomic E-state index is -0.332. The van der Waals surface area contributed by atoms with E-state index in [9.17, 15) is 9.18 Å². The minimum Gasteiger partial charge on any atom is -0.347 e. The summed E-state index contributed by atoms with van der Waals surface area (Å²) in [5, 5.41) is 5.73. The van der Waals surface area contributed by atoms with E-state index >= 15 is 0 Å². The number of benzene rings is 1. The van der Waals surface area contributed by atoms with Gasteiger partial charge in [-0.05, 0) is 43.5 Å². The maximum Gasteiger partial charge on any atom is 0.243 e. The van der Waals surface area contributed by atoms with Gasteiger partial charge >= 0.3 is 0 Å². The Morgan fingerprint density at radius 3 is 2.56 bits per heavy atom. The van der Waals surface area contributed by atoms with Crippen LogP contribution in [0.15, 0.2) is 41.9 Å². The highest BCUT2D eigenvalue weighted by atomic mass is 127. The van der Waals surface area contributed by atoms with E-state index in [0.717, 1.165) is 32.2 Å². The van der Waals surface area contributed by atoms with Gasteiger partial charge in [0, 0.05) is 26.3 Å². The second kappa shape index (κ2) is 13.6. The number of rotatable bonds is 9. The van der Waals surface area contributed by atoms with E-state index in [2.05, 4.69) is 22.2 Å². The monoisotopic (exact) mass is 462 g/mol. The molecule has 0 aliphatic rings. The number of nitrogens with one attached hydrogen (secondary N) is 2. The Bertz CT molecular complexity index is 549. The van der Waals surface area contributed by atoms with Crippen molar-refractivity contribution in [1.29, 1.82) is 0 Å². The molecule has 140 valence electrons. The number of anilines is 1. The normalized spacial score (nSPS) is 10.6. The van der Waals surface area contributed by atoms with Crippen LogP contribution in [0.3, 0.4) is 0 Å². The fraction of sp³-hybridized carbons (Fsp3) is 0.444. The number of hydrogen-bond acceptors (Lipinski definition) is 2. The van der Waals surface area contributed by atoms with Crippen LogP contribution in [-0.2, 0) is 4.79 Å². The van der Waals surface area contributed by atoms with Gasteiger partial charge in [0.05, 0.1) is 6.54 Å². The molecule has 0 saturated heterocycles. The first-order chi connectivity index (χ1) is 11.6. The molecule has 2 N–H and O–H groups in total. The van der Waals surface area contributed by atoms with Crippen LogP contribution >= 0.6 is 24.0 Å². The molecule has 0 atom stereocenters. The molecule has 1 rings (SSSR count). The van der Waals surface area contributed by atoms with E-state index in [1.54, 1.807) is 7.05 Å². The maximum absolute atomic E-state index is 12.8.